The van der Waals surface area contributed by atoms with Crippen LogP contribution >= 0.6 is 0 Å². The van der Waals surface area contributed by atoms with Gasteiger partial charge in [0.2, 0.25) is 15.8 Å². The zero-order valence-corrected chi connectivity index (χ0v) is 19.6. The van der Waals surface area contributed by atoms with Crippen LogP contribution in [0.5, 0.6) is 5.75 Å². The Bertz CT molecular complexity index is 1130. The predicted octanol–water partition coefficient (Wildman–Crippen LogP) is 1.81. The van der Waals surface area contributed by atoms with Crippen LogP contribution in [0.2, 0.25) is 0 Å². The van der Waals surface area contributed by atoms with E-state index >= 15 is 0 Å². The van der Waals surface area contributed by atoms with Crippen LogP contribution in [0.3, 0.4) is 0 Å². The van der Waals surface area contributed by atoms with Gasteiger partial charge >= 0.3 is 0 Å². The molecule has 10 nitrogen and oxygen atoms in total. The molecule has 0 spiro atoms. The van der Waals surface area contributed by atoms with E-state index in [2.05, 4.69) is 9.88 Å². The summed E-state index contributed by atoms with van der Waals surface area (Å²) in [6, 6.07) is 5.91. The SMILES string of the molecule is COc1ccc(C(=O)N2CCN(C(=O)c3cc(C)no3)CC2)cc1S(=O)(=O)NC1CCCC1. The number of carbonyl (C=O) groups is 2. The standard InChI is InChI=1S/C22H28N4O6S/c1-15-13-19(32-23-15)22(28)26-11-9-25(10-12-26)21(27)16-7-8-18(31-2)20(14-16)33(29,30)24-17-5-3-4-6-17/h7-8,13-14,17,24H,3-6,9-12H2,1-2H3. The van der Waals surface area contributed by atoms with Gasteiger partial charge in [-0.1, -0.05) is 18.0 Å². The molecule has 2 aromatic rings. The number of nitrogens with zero attached hydrogens (tertiary/aromatic N) is 3. The predicted molar refractivity (Wildman–Crippen MR) is 119 cm³/mol. The number of piperazine rings is 1. The molecule has 2 fully saturated rings. The largest absolute Gasteiger partial charge is 0.495 e. The minimum absolute atomic E-state index is 0.0442. The summed E-state index contributed by atoms with van der Waals surface area (Å²) >= 11 is 0. The van der Waals surface area contributed by atoms with Gasteiger partial charge in [0.05, 0.1) is 12.8 Å². The molecule has 1 saturated carbocycles. The second kappa shape index (κ2) is 9.52. The minimum atomic E-state index is -3.84. The van der Waals surface area contributed by atoms with Gasteiger partial charge in [0.1, 0.15) is 10.6 Å². The molecule has 1 N–H and O–H groups in total. The van der Waals surface area contributed by atoms with Gasteiger partial charge in [0.25, 0.3) is 11.8 Å². The van der Waals surface area contributed by atoms with Crippen LogP contribution in [-0.2, 0) is 10.0 Å². The van der Waals surface area contributed by atoms with Crippen molar-refractivity contribution < 1.29 is 27.3 Å². The van der Waals surface area contributed by atoms with Gasteiger partial charge in [0, 0.05) is 43.9 Å². The number of hydrogen-bond acceptors (Lipinski definition) is 7. The van der Waals surface area contributed by atoms with Crippen molar-refractivity contribution in [2.75, 3.05) is 33.3 Å². The van der Waals surface area contributed by atoms with Gasteiger partial charge in [-0.25, -0.2) is 13.1 Å². The number of carbonyl (C=O) groups excluding carboxylic acids is 2. The number of hydrogen-bond donors (Lipinski definition) is 1. The van der Waals surface area contributed by atoms with Crippen molar-refractivity contribution in [3.63, 3.8) is 0 Å². The molecule has 0 unspecified atom stereocenters. The van der Waals surface area contributed by atoms with E-state index in [9.17, 15) is 18.0 Å². The molecule has 33 heavy (non-hydrogen) atoms. The maximum atomic E-state index is 13.1. The van der Waals surface area contributed by atoms with Crippen LogP contribution in [0.4, 0.5) is 0 Å². The van der Waals surface area contributed by atoms with Crippen molar-refractivity contribution in [3.8, 4) is 5.75 Å². The van der Waals surface area contributed by atoms with E-state index in [1.54, 1.807) is 28.9 Å². The second-order valence-electron chi connectivity index (χ2n) is 8.39. The van der Waals surface area contributed by atoms with Crippen LogP contribution in [0.25, 0.3) is 0 Å². The van der Waals surface area contributed by atoms with Crippen LogP contribution in [0, 0.1) is 6.92 Å². The van der Waals surface area contributed by atoms with Crippen molar-refractivity contribution in [3.05, 3.63) is 41.3 Å². The summed E-state index contributed by atoms with van der Waals surface area (Å²) in [4.78, 5) is 28.8. The number of rotatable bonds is 6. The Morgan fingerprint density at radius 3 is 2.27 bits per heavy atom. The lowest BCUT2D eigenvalue weighted by Crippen LogP contribution is -2.50. The van der Waals surface area contributed by atoms with Crippen LogP contribution in [0.1, 0.15) is 52.3 Å². The Morgan fingerprint density at radius 1 is 1.06 bits per heavy atom. The molecule has 1 aliphatic heterocycles. The van der Waals surface area contributed by atoms with Gasteiger partial charge in [-0.2, -0.15) is 0 Å². The summed E-state index contributed by atoms with van der Waals surface area (Å²) in [6.45, 7) is 3.07. The first-order chi connectivity index (χ1) is 15.8. The molecule has 4 rings (SSSR count). The highest BCUT2D eigenvalue weighted by Gasteiger charge is 2.30. The van der Waals surface area contributed by atoms with Crippen molar-refractivity contribution >= 4 is 21.8 Å². The Balaban J connectivity index is 1.46. The zero-order valence-electron chi connectivity index (χ0n) is 18.7. The first kappa shape index (κ1) is 23.2. The smallest absolute Gasteiger partial charge is 0.292 e. The number of sulfonamides is 1. The summed E-state index contributed by atoms with van der Waals surface area (Å²) in [5.74, 6) is -0.196. The summed E-state index contributed by atoms with van der Waals surface area (Å²) in [7, 11) is -2.44. The van der Waals surface area contributed by atoms with E-state index in [1.165, 1.54) is 19.2 Å². The van der Waals surface area contributed by atoms with Crippen molar-refractivity contribution in [2.45, 2.75) is 43.5 Å². The number of methoxy groups -OCH3 is 1. The molecule has 178 valence electrons. The normalized spacial score (nSPS) is 17.4. The number of ether oxygens (including phenoxy) is 1. The summed E-state index contributed by atoms with van der Waals surface area (Å²) in [5, 5.41) is 3.74. The molecule has 1 saturated heterocycles. The monoisotopic (exact) mass is 476 g/mol. The van der Waals surface area contributed by atoms with Crippen molar-refractivity contribution in [1.82, 2.24) is 19.7 Å². The number of nitrogens with one attached hydrogen (secondary N) is 1. The second-order valence-corrected chi connectivity index (χ2v) is 10.1. The fraction of sp³-hybridized carbons (Fsp3) is 0.500. The number of aryl methyl sites for hydroxylation is 1. The van der Waals surface area contributed by atoms with Crippen LogP contribution in [0.15, 0.2) is 33.7 Å². The zero-order chi connectivity index (χ0) is 23.6. The quantitative estimate of drug-likeness (QED) is 0.675. The maximum absolute atomic E-state index is 13.1. The lowest BCUT2D eigenvalue weighted by Gasteiger charge is -2.34. The highest BCUT2D eigenvalue weighted by Crippen LogP contribution is 2.28. The molecule has 1 aromatic heterocycles. The van der Waals surface area contributed by atoms with Crippen molar-refractivity contribution in [1.29, 1.82) is 0 Å². The molecule has 1 aromatic carbocycles. The molecule has 0 radical (unpaired) electrons. The van der Waals surface area contributed by atoms with Gasteiger partial charge in [-0.3, -0.25) is 9.59 Å². The molecular formula is C22H28N4O6S. The average Bonchev–Trinajstić information content (AvgIpc) is 3.49. The Hall–Kier alpha value is -2.92. The lowest BCUT2D eigenvalue weighted by atomic mass is 10.1. The van der Waals surface area contributed by atoms with Gasteiger partial charge in [-0.15, -0.1) is 0 Å². The summed E-state index contributed by atoms with van der Waals surface area (Å²) in [6.07, 6.45) is 3.59. The van der Waals surface area contributed by atoms with Crippen LogP contribution < -0.4 is 9.46 Å². The number of benzene rings is 1. The van der Waals surface area contributed by atoms with Crippen LogP contribution in [-0.4, -0.2) is 74.5 Å². The first-order valence-corrected chi connectivity index (χ1v) is 12.5. The Labute approximate surface area is 192 Å². The average molecular weight is 477 g/mol. The lowest BCUT2D eigenvalue weighted by molar-refractivity contribution is 0.0512. The molecule has 0 atom stereocenters. The maximum Gasteiger partial charge on any atom is 0.292 e. The molecule has 1 aliphatic carbocycles. The van der Waals surface area contributed by atoms with E-state index in [0.29, 0.717) is 31.9 Å². The van der Waals surface area contributed by atoms with Gasteiger partial charge in [0.15, 0.2) is 0 Å². The Kier molecular flexibility index (Phi) is 6.71. The molecular weight excluding hydrogens is 448 g/mol. The summed E-state index contributed by atoms with van der Waals surface area (Å²) < 4.78 is 39.0. The van der Waals surface area contributed by atoms with E-state index in [1.807, 2.05) is 0 Å². The van der Waals surface area contributed by atoms with Gasteiger partial charge < -0.3 is 19.1 Å². The van der Waals surface area contributed by atoms with Gasteiger partial charge in [-0.05, 0) is 38.0 Å². The van der Waals surface area contributed by atoms with E-state index in [4.69, 9.17) is 9.26 Å². The fourth-order valence-electron chi connectivity index (χ4n) is 4.26. The highest BCUT2D eigenvalue weighted by atomic mass is 32.2. The Morgan fingerprint density at radius 2 is 1.70 bits per heavy atom. The third-order valence-electron chi connectivity index (χ3n) is 6.07. The number of amides is 2. The van der Waals surface area contributed by atoms with Crippen molar-refractivity contribution in [2.24, 2.45) is 0 Å². The molecule has 2 heterocycles. The van der Waals surface area contributed by atoms with E-state index in [-0.39, 0.29) is 39.8 Å². The minimum Gasteiger partial charge on any atom is -0.495 e. The third kappa shape index (κ3) is 5.03. The van der Waals surface area contributed by atoms with E-state index < -0.39 is 10.0 Å². The topological polar surface area (TPSA) is 122 Å². The molecule has 11 heteroatoms. The number of aromatic nitrogens is 1. The summed E-state index contributed by atoms with van der Waals surface area (Å²) in [5.41, 5.74) is 0.882. The third-order valence-corrected chi connectivity index (χ3v) is 7.61. The molecule has 2 aliphatic rings. The van der Waals surface area contributed by atoms with E-state index in [0.717, 1.165) is 25.7 Å². The fourth-order valence-corrected chi connectivity index (χ4v) is 5.76. The molecule has 0 bridgehead atoms. The molecule has 2 amide bonds. The highest BCUT2D eigenvalue weighted by molar-refractivity contribution is 7.89. The first-order valence-electron chi connectivity index (χ1n) is 11.0.